The van der Waals surface area contributed by atoms with Crippen LogP contribution in [-0.4, -0.2) is 22.8 Å². The van der Waals surface area contributed by atoms with Crippen LogP contribution < -0.4 is 14.8 Å². The second-order valence-electron chi connectivity index (χ2n) is 7.52. The molecule has 7 nitrogen and oxygen atoms in total. The van der Waals surface area contributed by atoms with Crippen LogP contribution >= 0.6 is 22.9 Å². The van der Waals surface area contributed by atoms with Crippen molar-refractivity contribution in [2.75, 3.05) is 5.32 Å². The minimum absolute atomic E-state index is 0.128. The number of rotatable bonds is 10. The van der Waals surface area contributed by atoms with Gasteiger partial charge in [0.1, 0.15) is 0 Å². The molecule has 2 aromatic carbocycles. The summed E-state index contributed by atoms with van der Waals surface area (Å²) >= 11 is 7.23. The zero-order chi connectivity index (χ0) is 25.2. The van der Waals surface area contributed by atoms with Crippen molar-refractivity contribution in [2.45, 2.75) is 39.5 Å². The maximum absolute atomic E-state index is 12.4. The predicted octanol–water partition coefficient (Wildman–Crippen LogP) is 6.53. The maximum Gasteiger partial charge on any atom is 0.311 e. The van der Waals surface area contributed by atoms with Gasteiger partial charge in [0.05, 0.1) is 5.69 Å². The molecule has 0 aliphatic rings. The zero-order valence-electron chi connectivity index (χ0n) is 19.4. The van der Waals surface area contributed by atoms with Crippen molar-refractivity contribution >= 4 is 52.0 Å². The first-order valence-corrected chi connectivity index (χ1v) is 12.4. The number of hydrogen-bond acceptors (Lipinski definition) is 7. The predicted molar refractivity (Wildman–Crippen MR) is 138 cm³/mol. The van der Waals surface area contributed by atoms with E-state index in [1.807, 2.05) is 31.4 Å². The molecule has 0 atom stereocenters. The Morgan fingerprint density at radius 1 is 0.971 bits per heavy atom. The highest BCUT2D eigenvalue weighted by Crippen LogP contribution is 2.30. The van der Waals surface area contributed by atoms with Gasteiger partial charge in [0.15, 0.2) is 16.6 Å². The topological polar surface area (TPSA) is 94.6 Å². The first kappa shape index (κ1) is 26.1. The van der Waals surface area contributed by atoms with Crippen LogP contribution in [0.3, 0.4) is 0 Å². The van der Waals surface area contributed by atoms with Gasteiger partial charge < -0.3 is 9.47 Å². The number of aromatic nitrogens is 1. The van der Waals surface area contributed by atoms with E-state index in [2.05, 4.69) is 10.3 Å². The molecule has 0 radical (unpaired) electrons. The molecule has 9 heteroatoms. The Bertz CT molecular complexity index is 1220. The number of nitrogens with zero attached hydrogens (tertiary/aromatic N) is 1. The number of carbonyl (C=O) groups excluding carboxylic acids is 3. The average Bonchev–Trinajstić information content (AvgIpc) is 3.28. The molecule has 0 unspecified atom stereocenters. The molecule has 0 spiro atoms. The molecule has 0 bridgehead atoms. The van der Waals surface area contributed by atoms with Crippen molar-refractivity contribution in [1.82, 2.24) is 4.98 Å². The van der Waals surface area contributed by atoms with E-state index in [1.54, 1.807) is 36.4 Å². The molecule has 182 valence electrons. The molecule has 3 aromatic rings. The van der Waals surface area contributed by atoms with Gasteiger partial charge in [-0.05, 0) is 48.7 Å². The van der Waals surface area contributed by atoms with Gasteiger partial charge in [-0.2, -0.15) is 0 Å². The number of nitrogens with one attached hydrogen (secondary N) is 1. The highest BCUT2D eigenvalue weighted by Gasteiger charge is 2.14. The lowest BCUT2D eigenvalue weighted by molar-refractivity contribution is -0.137. The Hall–Kier alpha value is -3.49. The summed E-state index contributed by atoms with van der Waals surface area (Å²) in [5.41, 5.74) is 2.22. The molecule has 1 N–H and O–H groups in total. The number of amides is 1. The Morgan fingerprint density at radius 3 is 2.29 bits per heavy atom. The minimum Gasteiger partial charge on any atom is -0.423 e. The normalized spacial score (nSPS) is 10.8. The Kier molecular flexibility index (Phi) is 9.57. The Labute approximate surface area is 212 Å². The summed E-state index contributed by atoms with van der Waals surface area (Å²) in [4.78, 5) is 40.8. The van der Waals surface area contributed by atoms with Crippen molar-refractivity contribution in [3.8, 4) is 22.8 Å². The number of benzene rings is 2. The van der Waals surface area contributed by atoms with Gasteiger partial charge in [0, 0.05) is 34.9 Å². The maximum atomic E-state index is 12.4. The third kappa shape index (κ3) is 8.05. The second-order valence-corrected chi connectivity index (χ2v) is 8.82. The van der Waals surface area contributed by atoms with Gasteiger partial charge in [0.2, 0.25) is 5.91 Å². The summed E-state index contributed by atoms with van der Waals surface area (Å²) in [6.45, 7) is 3.73. The van der Waals surface area contributed by atoms with Crippen LogP contribution in [0.25, 0.3) is 17.3 Å². The lowest BCUT2D eigenvalue weighted by Crippen LogP contribution is -2.11. The van der Waals surface area contributed by atoms with Gasteiger partial charge in [0.25, 0.3) is 0 Å². The lowest BCUT2D eigenvalue weighted by atomic mass is 10.2. The van der Waals surface area contributed by atoms with Crippen LogP contribution in [0, 0.1) is 0 Å². The fourth-order valence-electron chi connectivity index (χ4n) is 2.95. The Morgan fingerprint density at radius 2 is 1.63 bits per heavy atom. The summed E-state index contributed by atoms with van der Waals surface area (Å²) in [5.74, 6) is -0.927. The van der Waals surface area contributed by atoms with E-state index in [0.29, 0.717) is 28.6 Å². The second kappa shape index (κ2) is 12.8. The van der Waals surface area contributed by atoms with Crippen molar-refractivity contribution in [3.63, 3.8) is 0 Å². The molecule has 3 rings (SSSR count). The first-order chi connectivity index (χ1) is 16.9. The van der Waals surface area contributed by atoms with E-state index >= 15 is 0 Å². The highest BCUT2D eigenvalue weighted by atomic mass is 35.5. The van der Waals surface area contributed by atoms with Crippen LogP contribution in [0.5, 0.6) is 11.5 Å². The molecule has 0 aliphatic heterocycles. The smallest absolute Gasteiger partial charge is 0.311 e. The molecule has 35 heavy (non-hydrogen) atoms. The average molecular weight is 513 g/mol. The summed E-state index contributed by atoms with van der Waals surface area (Å²) in [7, 11) is 0. The van der Waals surface area contributed by atoms with Crippen LogP contribution in [0.1, 0.15) is 45.1 Å². The molecule has 0 aliphatic carbocycles. The molecule has 1 heterocycles. The van der Waals surface area contributed by atoms with Gasteiger partial charge in [-0.25, -0.2) is 4.98 Å². The van der Waals surface area contributed by atoms with E-state index in [-0.39, 0.29) is 30.2 Å². The first-order valence-electron chi connectivity index (χ1n) is 11.1. The zero-order valence-corrected chi connectivity index (χ0v) is 20.9. The quantitative estimate of drug-likeness (QED) is 0.188. The van der Waals surface area contributed by atoms with Crippen molar-refractivity contribution < 1.29 is 23.9 Å². The number of ether oxygens (including phenoxy) is 2. The van der Waals surface area contributed by atoms with Crippen LogP contribution in [0.4, 0.5) is 5.13 Å². The van der Waals surface area contributed by atoms with E-state index in [4.69, 9.17) is 21.1 Å². The Balaban J connectivity index is 1.69. The molecule has 1 amide bonds. The summed E-state index contributed by atoms with van der Waals surface area (Å²) < 4.78 is 10.7. The fourth-order valence-corrected chi connectivity index (χ4v) is 3.80. The highest BCUT2D eigenvalue weighted by molar-refractivity contribution is 7.14. The summed E-state index contributed by atoms with van der Waals surface area (Å²) in [6.07, 6.45) is 4.66. The molecular formula is C26H25ClN2O5S. The third-order valence-corrected chi connectivity index (χ3v) is 5.63. The van der Waals surface area contributed by atoms with Gasteiger partial charge in [-0.15, -0.1) is 11.3 Å². The van der Waals surface area contributed by atoms with Crippen LogP contribution in [-0.2, 0) is 14.4 Å². The number of halogens is 1. The van der Waals surface area contributed by atoms with E-state index in [1.165, 1.54) is 17.4 Å². The van der Waals surface area contributed by atoms with E-state index in [9.17, 15) is 14.4 Å². The van der Waals surface area contributed by atoms with Crippen molar-refractivity contribution in [1.29, 1.82) is 0 Å². The molecule has 1 aromatic heterocycles. The summed E-state index contributed by atoms with van der Waals surface area (Å²) in [6, 6.07) is 12.0. The number of hydrogen-bond donors (Lipinski definition) is 1. The van der Waals surface area contributed by atoms with Crippen molar-refractivity contribution in [2.24, 2.45) is 0 Å². The van der Waals surface area contributed by atoms with Gasteiger partial charge in [-0.3, -0.25) is 19.7 Å². The van der Waals surface area contributed by atoms with E-state index in [0.717, 1.165) is 11.3 Å². The van der Waals surface area contributed by atoms with Gasteiger partial charge in [-0.1, -0.05) is 43.6 Å². The fraction of sp³-hybridized carbons (Fsp3) is 0.231. The summed E-state index contributed by atoms with van der Waals surface area (Å²) in [5, 5.41) is 5.67. The van der Waals surface area contributed by atoms with E-state index < -0.39 is 11.9 Å². The van der Waals surface area contributed by atoms with Gasteiger partial charge >= 0.3 is 11.9 Å². The van der Waals surface area contributed by atoms with Crippen LogP contribution in [0.2, 0.25) is 5.02 Å². The third-order valence-electron chi connectivity index (χ3n) is 4.63. The largest absolute Gasteiger partial charge is 0.423 e. The molecule has 0 saturated heterocycles. The SMILES string of the molecule is CCCC(=O)Oc1ccc(/C=C/C(=O)Nc2nc(-c3ccc(Cl)cc3)cs2)cc1OC(=O)CCC. The van der Waals surface area contributed by atoms with Crippen LogP contribution in [0.15, 0.2) is 53.9 Å². The lowest BCUT2D eigenvalue weighted by Gasteiger charge is -2.11. The minimum atomic E-state index is -0.431. The number of anilines is 1. The molecule has 0 saturated carbocycles. The number of carbonyl (C=O) groups is 3. The number of thiazole rings is 1. The monoisotopic (exact) mass is 512 g/mol. The van der Waals surface area contributed by atoms with Crippen molar-refractivity contribution in [3.05, 3.63) is 64.5 Å². The molecule has 0 fully saturated rings. The standard InChI is InChI=1S/C26H25ClN2O5S/c1-3-5-24(31)33-21-13-7-17(15-22(21)34-25(32)6-4-2)8-14-23(30)29-26-28-20(16-35-26)18-9-11-19(27)12-10-18/h7-16H,3-6H2,1-2H3,(H,28,29,30)/b14-8+. The molecular weight excluding hydrogens is 488 g/mol. The number of esters is 2.